The van der Waals surface area contributed by atoms with Crippen LogP contribution in [0.5, 0.6) is 0 Å². The van der Waals surface area contributed by atoms with Crippen LogP contribution in [-0.4, -0.2) is 28.9 Å². The Morgan fingerprint density at radius 2 is 2.08 bits per heavy atom. The molecule has 1 saturated heterocycles. The molecule has 2 aliphatic rings. The quantitative estimate of drug-likeness (QED) is 0.926. The maximum atomic E-state index is 12.4. The molecule has 0 radical (unpaired) electrons. The van der Waals surface area contributed by atoms with Gasteiger partial charge < -0.3 is 5.32 Å². The molecule has 5 nitrogen and oxygen atoms in total. The Kier molecular flexibility index (Phi) is 4.44. The van der Waals surface area contributed by atoms with Crippen LogP contribution in [0.3, 0.4) is 0 Å². The maximum absolute atomic E-state index is 12.4. The van der Waals surface area contributed by atoms with E-state index in [4.69, 9.17) is 5.26 Å². The number of anilines is 1. The Morgan fingerprint density at radius 3 is 2.77 bits per heavy atom. The van der Waals surface area contributed by atoms with Crippen molar-refractivity contribution in [2.24, 2.45) is 5.92 Å². The molecular weight excluding hydrogens is 324 g/mol. The van der Waals surface area contributed by atoms with Crippen LogP contribution >= 0.6 is 0 Å². The molecule has 132 valence electrons. The third kappa shape index (κ3) is 3.21. The summed E-state index contributed by atoms with van der Waals surface area (Å²) in [6.07, 6.45) is 4.39. The number of nitrogens with zero attached hydrogens (tertiary/aromatic N) is 3. The topological polar surface area (TPSA) is 69.0 Å². The second kappa shape index (κ2) is 6.89. The lowest BCUT2D eigenvalue weighted by Gasteiger charge is -2.30. The lowest BCUT2D eigenvalue weighted by atomic mass is 9.95. The molecule has 0 spiro atoms. The molecule has 5 heteroatoms. The summed E-state index contributed by atoms with van der Waals surface area (Å²) < 4.78 is 0. The van der Waals surface area contributed by atoms with Gasteiger partial charge in [-0.25, -0.2) is 0 Å². The molecule has 2 aliphatic heterocycles. The van der Waals surface area contributed by atoms with Gasteiger partial charge in [0.05, 0.1) is 17.3 Å². The van der Waals surface area contributed by atoms with Crippen LogP contribution in [0.2, 0.25) is 0 Å². The van der Waals surface area contributed by atoms with Gasteiger partial charge >= 0.3 is 0 Å². The number of carbonyl (C=O) groups excluding carboxylic acids is 1. The van der Waals surface area contributed by atoms with E-state index in [1.165, 1.54) is 18.4 Å². The number of pyridine rings is 1. The van der Waals surface area contributed by atoms with Gasteiger partial charge in [-0.3, -0.25) is 14.7 Å². The molecule has 1 aromatic carbocycles. The van der Waals surface area contributed by atoms with Gasteiger partial charge in [-0.05, 0) is 67.2 Å². The van der Waals surface area contributed by atoms with Crippen molar-refractivity contribution in [3.63, 3.8) is 0 Å². The van der Waals surface area contributed by atoms with E-state index < -0.39 is 5.92 Å². The van der Waals surface area contributed by atoms with Crippen LogP contribution in [0, 0.1) is 17.2 Å². The molecule has 3 heterocycles. The maximum Gasteiger partial charge on any atom is 0.238 e. The van der Waals surface area contributed by atoms with Crippen molar-refractivity contribution in [3.05, 3.63) is 58.9 Å². The molecule has 0 saturated carbocycles. The Hall–Kier alpha value is -2.71. The molecule has 4 rings (SSSR count). The fourth-order valence-corrected chi connectivity index (χ4v) is 3.80. The number of hydrogen-bond acceptors (Lipinski definition) is 4. The highest BCUT2D eigenvalue weighted by molar-refractivity contribution is 6.04. The average molecular weight is 346 g/mol. The Bertz CT molecular complexity index is 861. The predicted octanol–water partition coefficient (Wildman–Crippen LogP) is 3.27. The SMILES string of the molecule is CC1CCN(Cc2ccc(C3C(=O)Nc4ccc(C#N)cc43)nc2)CC1. The first kappa shape index (κ1) is 16.7. The molecule has 0 aliphatic carbocycles. The van der Waals surface area contributed by atoms with Gasteiger partial charge in [0.25, 0.3) is 0 Å². The lowest BCUT2D eigenvalue weighted by molar-refractivity contribution is -0.116. The fraction of sp³-hybridized carbons (Fsp3) is 0.381. The van der Waals surface area contributed by atoms with Gasteiger partial charge in [0.15, 0.2) is 0 Å². The van der Waals surface area contributed by atoms with Crippen molar-refractivity contribution in [3.8, 4) is 6.07 Å². The number of hydrogen-bond donors (Lipinski definition) is 1. The molecule has 1 fully saturated rings. The van der Waals surface area contributed by atoms with Crippen LogP contribution in [-0.2, 0) is 11.3 Å². The lowest BCUT2D eigenvalue weighted by Crippen LogP contribution is -2.32. The van der Waals surface area contributed by atoms with E-state index in [1.807, 2.05) is 12.3 Å². The van der Waals surface area contributed by atoms with E-state index in [-0.39, 0.29) is 5.91 Å². The average Bonchev–Trinajstić information content (AvgIpc) is 2.99. The normalized spacial score (nSPS) is 20.5. The Labute approximate surface area is 153 Å². The van der Waals surface area contributed by atoms with Gasteiger partial charge in [0.1, 0.15) is 5.92 Å². The van der Waals surface area contributed by atoms with E-state index in [0.717, 1.165) is 42.5 Å². The number of piperidine rings is 1. The molecule has 1 aromatic heterocycles. The number of nitrogens with one attached hydrogen (secondary N) is 1. The van der Waals surface area contributed by atoms with Gasteiger partial charge in [-0.15, -0.1) is 0 Å². The second-order valence-electron chi connectivity index (χ2n) is 7.39. The minimum Gasteiger partial charge on any atom is -0.325 e. The van der Waals surface area contributed by atoms with E-state index in [9.17, 15) is 4.79 Å². The summed E-state index contributed by atoms with van der Waals surface area (Å²) in [4.78, 5) is 19.5. The van der Waals surface area contributed by atoms with E-state index in [1.54, 1.807) is 18.2 Å². The van der Waals surface area contributed by atoms with Crippen LogP contribution in [0.1, 0.15) is 48.1 Å². The fourth-order valence-electron chi connectivity index (χ4n) is 3.80. The number of fused-ring (bicyclic) bond motifs is 1. The largest absolute Gasteiger partial charge is 0.325 e. The number of aromatic nitrogens is 1. The van der Waals surface area contributed by atoms with Gasteiger partial charge in [-0.1, -0.05) is 13.0 Å². The van der Waals surface area contributed by atoms with E-state index in [2.05, 4.69) is 34.3 Å². The Balaban J connectivity index is 1.53. The van der Waals surface area contributed by atoms with Crippen molar-refractivity contribution in [1.82, 2.24) is 9.88 Å². The predicted molar refractivity (Wildman–Crippen MR) is 99.5 cm³/mol. The Morgan fingerprint density at radius 1 is 1.27 bits per heavy atom. The summed E-state index contributed by atoms with van der Waals surface area (Å²) in [7, 11) is 0. The zero-order valence-corrected chi connectivity index (χ0v) is 14.9. The highest BCUT2D eigenvalue weighted by atomic mass is 16.2. The van der Waals surface area contributed by atoms with E-state index in [0.29, 0.717) is 5.56 Å². The minimum absolute atomic E-state index is 0.0830. The van der Waals surface area contributed by atoms with Crippen LogP contribution in [0.4, 0.5) is 5.69 Å². The number of benzene rings is 1. The highest BCUT2D eigenvalue weighted by Crippen LogP contribution is 2.36. The molecule has 1 unspecified atom stereocenters. The minimum atomic E-state index is -0.441. The number of carbonyl (C=O) groups is 1. The molecule has 1 amide bonds. The number of nitriles is 1. The molecule has 26 heavy (non-hydrogen) atoms. The smallest absolute Gasteiger partial charge is 0.238 e. The van der Waals surface area contributed by atoms with Crippen LogP contribution < -0.4 is 5.32 Å². The van der Waals surface area contributed by atoms with Crippen molar-refractivity contribution in [1.29, 1.82) is 5.26 Å². The number of likely N-dealkylation sites (tertiary alicyclic amines) is 1. The number of amides is 1. The zero-order chi connectivity index (χ0) is 18.1. The van der Waals surface area contributed by atoms with Crippen LogP contribution in [0.25, 0.3) is 0 Å². The standard InChI is InChI=1S/C21H22N4O/c1-14-6-8-25(9-7-14)13-16-3-5-19(23-12-16)20-17-10-15(11-22)2-4-18(17)24-21(20)26/h2-5,10,12,14,20H,6-9,13H2,1H3,(H,24,26). The summed E-state index contributed by atoms with van der Waals surface area (Å²) in [6, 6.07) is 11.4. The third-order valence-electron chi connectivity index (χ3n) is 5.44. The van der Waals surface area contributed by atoms with Gasteiger partial charge in [0, 0.05) is 18.4 Å². The summed E-state index contributed by atoms with van der Waals surface area (Å²) in [6.45, 7) is 5.50. The summed E-state index contributed by atoms with van der Waals surface area (Å²) in [5.41, 5.74) is 4.06. The first-order chi connectivity index (χ1) is 12.6. The third-order valence-corrected chi connectivity index (χ3v) is 5.44. The van der Waals surface area contributed by atoms with E-state index >= 15 is 0 Å². The molecule has 2 aromatic rings. The van der Waals surface area contributed by atoms with Gasteiger partial charge in [0.2, 0.25) is 5.91 Å². The summed E-state index contributed by atoms with van der Waals surface area (Å²) >= 11 is 0. The molecule has 1 atom stereocenters. The second-order valence-corrected chi connectivity index (χ2v) is 7.39. The first-order valence-corrected chi connectivity index (χ1v) is 9.16. The first-order valence-electron chi connectivity index (χ1n) is 9.16. The monoisotopic (exact) mass is 346 g/mol. The highest BCUT2D eigenvalue weighted by Gasteiger charge is 2.33. The number of rotatable bonds is 3. The molecule has 1 N–H and O–H groups in total. The van der Waals surface area contributed by atoms with Crippen molar-refractivity contribution in [2.75, 3.05) is 18.4 Å². The molecular formula is C21H22N4O. The summed E-state index contributed by atoms with van der Waals surface area (Å²) in [5.74, 6) is 0.301. The van der Waals surface area contributed by atoms with Crippen molar-refractivity contribution < 1.29 is 4.79 Å². The van der Waals surface area contributed by atoms with Crippen LogP contribution in [0.15, 0.2) is 36.5 Å². The zero-order valence-electron chi connectivity index (χ0n) is 14.9. The molecule has 0 bridgehead atoms. The van der Waals surface area contributed by atoms with Crippen molar-refractivity contribution in [2.45, 2.75) is 32.2 Å². The van der Waals surface area contributed by atoms with Gasteiger partial charge in [-0.2, -0.15) is 5.26 Å². The van der Waals surface area contributed by atoms with Crippen molar-refractivity contribution >= 4 is 11.6 Å². The summed E-state index contributed by atoms with van der Waals surface area (Å²) in [5, 5.41) is 12.0.